The first-order valence-corrected chi connectivity index (χ1v) is 8.49. The van der Waals surface area contributed by atoms with E-state index in [1.807, 2.05) is 36.1 Å². The van der Waals surface area contributed by atoms with Crippen LogP contribution in [0.25, 0.3) is 0 Å². The number of nitrogens with zero attached hydrogens (tertiary/aromatic N) is 1. The number of benzene rings is 1. The molecule has 1 saturated heterocycles. The fraction of sp³-hybridized carbons (Fsp3) is 0.611. The van der Waals surface area contributed by atoms with E-state index in [2.05, 4.69) is 12.2 Å². The summed E-state index contributed by atoms with van der Waals surface area (Å²) in [5.74, 6) is 0.583. The van der Waals surface area contributed by atoms with Gasteiger partial charge in [-0.2, -0.15) is 0 Å². The van der Waals surface area contributed by atoms with Crippen molar-refractivity contribution in [1.29, 1.82) is 0 Å². The van der Waals surface area contributed by atoms with Crippen molar-refractivity contribution in [2.24, 2.45) is 5.92 Å². The van der Waals surface area contributed by atoms with Crippen LogP contribution in [0.5, 0.6) is 0 Å². The standard InChI is InChI=1S/C18H28N2O3/c1-3-22-10-11-23-14-16-7-4-8-17(12-16)19-18(21)20-9-5-6-15(2)13-20/h4,7-8,12,15H,3,5-6,9-11,13-14H2,1-2H3,(H,19,21). The van der Waals surface area contributed by atoms with Gasteiger partial charge >= 0.3 is 6.03 Å². The van der Waals surface area contributed by atoms with Crippen LogP contribution in [-0.4, -0.2) is 43.8 Å². The van der Waals surface area contributed by atoms with E-state index in [-0.39, 0.29) is 6.03 Å². The minimum absolute atomic E-state index is 0.00837. The van der Waals surface area contributed by atoms with Crippen LogP contribution in [0.4, 0.5) is 10.5 Å². The second-order valence-electron chi connectivity index (χ2n) is 6.07. The molecule has 1 aromatic rings. The van der Waals surface area contributed by atoms with Crippen LogP contribution in [0.3, 0.4) is 0 Å². The summed E-state index contributed by atoms with van der Waals surface area (Å²) in [4.78, 5) is 14.2. The lowest BCUT2D eigenvalue weighted by Crippen LogP contribution is -2.41. The van der Waals surface area contributed by atoms with Crippen molar-refractivity contribution in [2.45, 2.75) is 33.3 Å². The number of carbonyl (C=O) groups excluding carboxylic acids is 1. The van der Waals surface area contributed by atoms with E-state index < -0.39 is 0 Å². The third-order valence-corrected chi connectivity index (χ3v) is 3.97. The van der Waals surface area contributed by atoms with Gasteiger partial charge in [-0.1, -0.05) is 19.1 Å². The molecule has 1 unspecified atom stereocenters. The maximum atomic E-state index is 12.3. The molecule has 2 amide bonds. The molecule has 1 aliphatic heterocycles. The molecule has 1 aliphatic rings. The molecule has 0 spiro atoms. The molecular formula is C18H28N2O3. The lowest BCUT2D eigenvalue weighted by Gasteiger charge is -2.31. The molecule has 1 heterocycles. The number of likely N-dealkylation sites (tertiary alicyclic amines) is 1. The van der Waals surface area contributed by atoms with Crippen molar-refractivity contribution in [2.75, 3.05) is 38.2 Å². The Balaban J connectivity index is 1.80. The molecule has 0 bridgehead atoms. The molecule has 128 valence electrons. The molecule has 2 rings (SSSR count). The van der Waals surface area contributed by atoms with Crippen molar-refractivity contribution in [3.8, 4) is 0 Å². The molecule has 5 heteroatoms. The predicted molar refractivity (Wildman–Crippen MR) is 91.6 cm³/mol. The van der Waals surface area contributed by atoms with Crippen molar-refractivity contribution in [3.63, 3.8) is 0 Å². The summed E-state index contributed by atoms with van der Waals surface area (Å²) in [5, 5.41) is 2.99. The lowest BCUT2D eigenvalue weighted by molar-refractivity contribution is 0.0453. The third-order valence-electron chi connectivity index (χ3n) is 3.97. The number of hydrogen-bond acceptors (Lipinski definition) is 3. The molecule has 1 atom stereocenters. The average Bonchev–Trinajstić information content (AvgIpc) is 2.55. The van der Waals surface area contributed by atoms with Gasteiger partial charge < -0.3 is 19.7 Å². The Morgan fingerprint density at radius 1 is 1.35 bits per heavy atom. The highest BCUT2D eigenvalue weighted by Gasteiger charge is 2.20. The number of carbonyl (C=O) groups is 1. The minimum Gasteiger partial charge on any atom is -0.379 e. The SMILES string of the molecule is CCOCCOCc1cccc(NC(=O)N2CCCC(C)C2)c1. The largest absolute Gasteiger partial charge is 0.379 e. The highest BCUT2D eigenvalue weighted by Crippen LogP contribution is 2.17. The van der Waals surface area contributed by atoms with Crippen molar-refractivity contribution < 1.29 is 14.3 Å². The van der Waals surface area contributed by atoms with Crippen LogP contribution in [0.2, 0.25) is 0 Å². The fourth-order valence-corrected chi connectivity index (χ4v) is 2.77. The van der Waals surface area contributed by atoms with Gasteiger partial charge in [0.25, 0.3) is 0 Å². The molecule has 1 N–H and O–H groups in total. The van der Waals surface area contributed by atoms with E-state index in [0.717, 1.165) is 30.8 Å². The maximum Gasteiger partial charge on any atom is 0.321 e. The van der Waals surface area contributed by atoms with Crippen LogP contribution in [0.1, 0.15) is 32.3 Å². The molecule has 5 nitrogen and oxygen atoms in total. The Bertz CT molecular complexity index is 493. The van der Waals surface area contributed by atoms with Gasteiger partial charge in [-0.15, -0.1) is 0 Å². The normalized spacial score (nSPS) is 18.0. The number of nitrogens with one attached hydrogen (secondary N) is 1. The third kappa shape index (κ3) is 6.20. The molecule has 23 heavy (non-hydrogen) atoms. The molecule has 0 aromatic heterocycles. The molecule has 1 fully saturated rings. The van der Waals surface area contributed by atoms with Gasteiger partial charge in [0.15, 0.2) is 0 Å². The van der Waals surface area contributed by atoms with Crippen LogP contribution >= 0.6 is 0 Å². The van der Waals surface area contributed by atoms with E-state index in [4.69, 9.17) is 9.47 Å². The summed E-state index contributed by atoms with van der Waals surface area (Å²) in [6.07, 6.45) is 2.29. The van der Waals surface area contributed by atoms with Crippen molar-refractivity contribution in [3.05, 3.63) is 29.8 Å². The van der Waals surface area contributed by atoms with Crippen LogP contribution in [0.15, 0.2) is 24.3 Å². The quantitative estimate of drug-likeness (QED) is 0.782. The van der Waals surface area contributed by atoms with Gasteiger partial charge in [0.2, 0.25) is 0 Å². The second-order valence-corrected chi connectivity index (χ2v) is 6.07. The second kappa shape index (κ2) is 9.53. The number of piperidine rings is 1. The Kier molecular flexibility index (Phi) is 7.36. The fourth-order valence-electron chi connectivity index (χ4n) is 2.77. The molecule has 0 radical (unpaired) electrons. The predicted octanol–water partition coefficient (Wildman–Crippen LogP) is 3.50. The first-order chi connectivity index (χ1) is 11.2. The summed E-state index contributed by atoms with van der Waals surface area (Å²) in [7, 11) is 0. The van der Waals surface area contributed by atoms with Crippen LogP contribution in [0, 0.1) is 5.92 Å². The molecule has 0 aliphatic carbocycles. The molecule has 1 aromatic carbocycles. The van der Waals surface area contributed by atoms with Crippen molar-refractivity contribution in [1.82, 2.24) is 4.90 Å². The monoisotopic (exact) mass is 320 g/mol. The topological polar surface area (TPSA) is 50.8 Å². The first kappa shape index (κ1) is 17.8. The van der Waals surface area contributed by atoms with E-state index in [1.165, 1.54) is 6.42 Å². The van der Waals surface area contributed by atoms with Gasteiger partial charge in [-0.05, 0) is 43.4 Å². The van der Waals surface area contributed by atoms with E-state index in [9.17, 15) is 4.79 Å². The number of amides is 2. The summed E-state index contributed by atoms with van der Waals surface area (Å²) < 4.78 is 10.8. The zero-order valence-electron chi connectivity index (χ0n) is 14.2. The van der Waals surface area contributed by atoms with Crippen LogP contribution < -0.4 is 5.32 Å². The smallest absolute Gasteiger partial charge is 0.321 e. The average molecular weight is 320 g/mol. The maximum absolute atomic E-state index is 12.3. The zero-order chi connectivity index (χ0) is 16.5. The van der Waals surface area contributed by atoms with Gasteiger partial charge in [0, 0.05) is 25.4 Å². The summed E-state index contributed by atoms with van der Waals surface area (Å²) in [6.45, 7) is 8.27. The molecule has 0 saturated carbocycles. The van der Waals surface area contributed by atoms with Gasteiger partial charge in [-0.3, -0.25) is 0 Å². The Labute approximate surface area is 139 Å². The van der Waals surface area contributed by atoms with E-state index >= 15 is 0 Å². The summed E-state index contributed by atoms with van der Waals surface area (Å²) in [6, 6.07) is 7.81. The number of rotatable bonds is 7. The Hall–Kier alpha value is -1.59. The minimum atomic E-state index is -0.00837. The summed E-state index contributed by atoms with van der Waals surface area (Å²) in [5.41, 5.74) is 1.87. The summed E-state index contributed by atoms with van der Waals surface area (Å²) >= 11 is 0. The number of ether oxygens (including phenoxy) is 2. The van der Waals surface area contributed by atoms with Gasteiger partial charge in [0.05, 0.1) is 19.8 Å². The number of anilines is 1. The highest BCUT2D eigenvalue weighted by molar-refractivity contribution is 5.89. The zero-order valence-corrected chi connectivity index (χ0v) is 14.2. The first-order valence-electron chi connectivity index (χ1n) is 8.49. The number of urea groups is 1. The lowest BCUT2D eigenvalue weighted by atomic mass is 10.0. The van der Waals surface area contributed by atoms with Crippen molar-refractivity contribution >= 4 is 11.7 Å². The van der Waals surface area contributed by atoms with E-state index in [1.54, 1.807) is 0 Å². The Morgan fingerprint density at radius 2 is 2.17 bits per heavy atom. The van der Waals surface area contributed by atoms with Gasteiger partial charge in [0.1, 0.15) is 0 Å². The van der Waals surface area contributed by atoms with Gasteiger partial charge in [-0.25, -0.2) is 4.79 Å². The van der Waals surface area contributed by atoms with Crippen LogP contribution in [-0.2, 0) is 16.1 Å². The Morgan fingerprint density at radius 3 is 2.96 bits per heavy atom. The molecular weight excluding hydrogens is 292 g/mol. The highest BCUT2D eigenvalue weighted by atomic mass is 16.5. The van der Waals surface area contributed by atoms with E-state index in [0.29, 0.717) is 32.3 Å². The number of hydrogen-bond donors (Lipinski definition) is 1.